The topological polar surface area (TPSA) is 70.6 Å². The zero-order valence-corrected chi connectivity index (χ0v) is 12.5. The maximum atomic E-state index is 10.7. The van der Waals surface area contributed by atoms with Gasteiger partial charge in [-0.15, -0.1) is 0 Å². The molecule has 0 aromatic rings. The molecule has 0 aliphatic heterocycles. The Hall–Kier alpha value is -0.770. The zero-order valence-electron chi connectivity index (χ0n) is 12.5. The molecule has 3 unspecified atom stereocenters. The van der Waals surface area contributed by atoms with Gasteiger partial charge in [-0.25, -0.2) is 0 Å². The summed E-state index contributed by atoms with van der Waals surface area (Å²) in [5.74, 6) is 1.87. The number of hydrogen-bond acceptors (Lipinski definition) is 2. The van der Waals surface area contributed by atoms with Crippen molar-refractivity contribution >= 4 is 5.96 Å². The van der Waals surface area contributed by atoms with Crippen molar-refractivity contribution in [3.8, 4) is 0 Å². The van der Waals surface area contributed by atoms with Gasteiger partial charge in [0.15, 0.2) is 5.96 Å². The third kappa shape index (κ3) is 3.11. The van der Waals surface area contributed by atoms with Gasteiger partial charge in [-0.1, -0.05) is 19.3 Å². The van der Waals surface area contributed by atoms with Gasteiger partial charge in [0.25, 0.3) is 0 Å². The van der Waals surface area contributed by atoms with Crippen LogP contribution in [0, 0.1) is 11.8 Å². The van der Waals surface area contributed by atoms with Crippen LogP contribution in [0.3, 0.4) is 0 Å². The van der Waals surface area contributed by atoms with Crippen LogP contribution in [0.4, 0.5) is 0 Å². The summed E-state index contributed by atoms with van der Waals surface area (Å²) in [6.45, 7) is 0.658. The Balaban J connectivity index is 1.43. The Labute approximate surface area is 122 Å². The monoisotopic (exact) mass is 279 g/mol. The van der Waals surface area contributed by atoms with E-state index in [-0.39, 0.29) is 0 Å². The Morgan fingerprint density at radius 1 is 1.20 bits per heavy atom. The highest BCUT2D eigenvalue weighted by molar-refractivity contribution is 5.78. The van der Waals surface area contributed by atoms with Gasteiger partial charge in [0.05, 0.1) is 5.60 Å². The molecule has 3 aliphatic carbocycles. The molecular weight excluding hydrogens is 250 g/mol. The number of aliphatic imine (C=N–C) groups is 1. The fourth-order valence-corrected chi connectivity index (χ4v) is 4.59. The van der Waals surface area contributed by atoms with E-state index in [1.807, 2.05) is 0 Å². The van der Waals surface area contributed by atoms with Gasteiger partial charge >= 0.3 is 0 Å². The van der Waals surface area contributed by atoms with Gasteiger partial charge in [0.2, 0.25) is 0 Å². The first-order valence-electron chi connectivity index (χ1n) is 8.44. The van der Waals surface area contributed by atoms with E-state index in [0.29, 0.717) is 24.5 Å². The van der Waals surface area contributed by atoms with E-state index in [2.05, 4.69) is 10.3 Å². The molecule has 114 valence electrons. The summed E-state index contributed by atoms with van der Waals surface area (Å²) in [6, 6.07) is 0.512. The summed E-state index contributed by atoms with van der Waals surface area (Å²) >= 11 is 0. The lowest BCUT2D eigenvalue weighted by Gasteiger charge is -2.32. The molecule has 0 heterocycles. The number of aliphatic hydroxyl groups is 1. The number of nitrogens with two attached hydrogens (primary N) is 1. The van der Waals surface area contributed by atoms with Crippen LogP contribution in [-0.4, -0.2) is 29.3 Å². The molecule has 4 heteroatoms. The molecule has 0 radical (unpaired) electrons. The summed E-state index contributed by atoms with van der Waals surface area (Å²) in [6.07, 6.45) is 11.9. The maximum Gasteiger partial charge on any atom is 0.188 e. The molecule has 4 N–H and O–H groups in total. The second kappa shape index (κ2) is 5.92. The highest BCUT2D eigenvalue weighted by Crippen LogP contribution is 2.52. The second-order valence-electron chi connectivity index (χ2n) is 7.18. The van der Waals surface area contributed by atoms with E-state index in [9.17, 15) is 5.11 Å². The molecule has 3 aliphatic rings. The minimum Gasteiger partial charge on any atom is -0.390 e. The lowest BCUT2D eigenvalue weighted by molar-refractivity contribution is -0.0181. The summed E-state index contributed by atoms with van der Waals surface area (Å²) in [7, 11) is 0. The normalized spacial score (nSPS) is 38.4. The van der Waals surface area contributed by atoms with E-state index in [0.717, 1.165) is 18.8 Å². The Kier molecular flexibility index (Phi) is 4.20. The summed E-state index contributed by atoms with van der Waals surface area (Å²) in [5.41, 5.74) is 5.52. The molecule has 0 saturated heterocycles. The molecule has 3 saturated carbocycles. The third-order valence-electron chi connectivity index (χ3n) is 5.73. The molecule has 3 atom stereocenters. The smallest absolute Gasteiger partial charge is 0.188 e. The number of guanidine groups is 1. The Morgan fingerprint density at radius 2 is 2.00 bits per heavy atom. The van der Waals surface area contributed by atoms with Crippen molar-refractivity contribution in [1.29, 1.82) is 0 Å². The van der Waals surface area contributed by atoms with E-state index >= 15 is 0 Å². The van der Waals surface area contributed by atoms with Crippen molar-refractivity contribution in [2.75, 3.05) is 6.54 Å². The van der Waals surface area contributed by atoms with Crippen LogP contribution in [-0.2, 0) is 0 Å². The van der Waals surface area contributed by atoms with Crippen molar-refractivity contribution in [3.63, 3.8) is 0 Å². The average molecular weight is 279 g/mol. The van der Waals surface area contributed by atoms with Crippen molar-refractivity contribution < 1.29 is 5.11 Å². The molecule has 0 spiro atoms. The molecule has 2 bridgehead atoms. The predicted molar refractivity (Wildman–Crippen MR) is 81.5 cm³/mol. The van der Waals surface area contributed by atoms with Gasteiger partial charge in [-0.2, -0.15) is 0 Å². The average Bonchev–Trinajstić information content (AvgIpc) is 3.00. The number of rotatable bonds is 4. The SMILES string of the molecule is NC(=NCCC1(O)CC2CCC1C2)NC1CCCCC1. The predicted octanol–water partition coefficient (Wildman–Crippen LogP) is 2.16. The van der Waals surface area contributed by atoms with Crippen LogP contribution in [0.2, 0.25) is 0 Å². The lowest BCUT2D eigenvalue weighted by atomic mass is 9.82. The van der Waals surface area contributed by atoms with Crippen molar-refractivity contribution in [2.24, 2.45) is 22.6 Å². The van der Waals surface area contributed by atoms with Crippen LogP contribution in [0.15, 0.2) is 4.99 Å². The summed E-state index contributed by atoms with van der Waals surface area (Å²) in [5, 5.41) is 14.0. The van der Waals surface area contributed by atoms with Gasteiger partial charge in [-0.3, -0.25) is 4.99 Å². The van der Waals surface area contributed by atoms with Crippen LogP contribution in [0.5, 0.6) is 0 Å². The van der Waals surface area contributed by atoms with Crippen LogP contribution < -0.4 is 11.1 Å². The Bertz CT molecular complexity index is 365. The number of nitrogens with zero attached hydrogens (tertiary/aromatic N) is 1. The fourth-order valence-electron chi connectivity index (χ4n) is 4.59. The van der Waals surface area contributed by atoms with Crippen LogP contribution in [0.25, 0.3) is 0 Å². The standard InChI is InChI=1S/C16H29N3O/c17-15(19-14-4-2-1-3-5-14)18-9-8-16(20)11-12-6-7-13(16)10-12/h12-14,20H,1-11H2,(H3,17,18,19). The third-order valence-corrected chi connectivity index (χ3v) is 5.73. The summed E-state index contributed by atoms with van der Waals surface area (Å²) < 4.78 is 0. The fraction of sp³-hybridized carbons (Fsp3) is 0.938. The molecule has 0 amide bonds. The molecule has 4 nitrogen and oxygen atoms in total. The number of nitrogens with one attached hydrogen (secondary N) is 1. The molecule has 3 rings (SSSR count). The highest BCUT2D eigenvalue weighted by atomic mass is 16.3. The molecule has 0 aromatic carbocycles. The number of hydrogen-bond donors (Lipinski definition) is 3. The number of fused-ring (bicyclic) bond motifs is 2. The Morgan fingerprint density at radius 3 is 2.65 bits per heavy atom. The minimum atomic E-state index is -0.447. The van der Waals surface area contributed by atoms with Crippen LogP contribution >= 0.6 is 0 Å². The second-order valence-corrected chi connectivity index (χ2v) is 7.18. The molecular formula is C16H29N3O. The quantitative estimate of drug-likeness (QED) is 0.545. The van der Waals surface area contributed by atoms with E-state index < -0.39 is 5.60 Å². The van der Waals surface area contributed by atoms with Gasteiger partial charge < -0.3 is 16.2 Å². The van der Waals surface area contributed by atoms with Gasteiger partial charge in [0.1, 0.15) is 0 Å². The highest BCUT2D eigenvalue weighted by Gasteiger charge is 2.49. The molecule has 0 aromatic heterocycles. The van der Waals surface area contributed by atoms with E-state index in [1.54, 1.807) is 0 Å². The largest absolute Gasteiger partial charge is 0.390 e. The van der Waals surface area contributed by atoms with E-state index in [4.69, 9.17) is 5.73 Å². The first kappa shape index (κ1) is 14.2. The first-order chi connectivity index (χ1) is 9.66. The summed E-state index contributed by atoms with van der Waals surface area (Å²) in [4.78, 5) is 4.43. The van der Waals surface area contributed by atoms with Gasteiger partial charge in [0, 0.05) is 12.6 Å². The van der Waals surface area contributed by atoms with E-state index in [1.165, 1.54) is 51.4 Å². The van der Waals surface area contributed by atoms with Crippen LogP contribution in [0.1, 0.15) is 64.2 Å². The van der Waals surface area contributed by atoms with Crippen molar-refractivity contribution in [1.82, 2.24) is 5.32 Å². The maximum absolute atomic E-state index is 10.7. The minimum absolute atomic E-state index is 0.447. The van der Waals surface area contributed by atoms with Crippen molar-refractivity contribution in [2.45, 2.75) is 75.9 Å². The molecule has 3 fully saturated rings. The van der Waals surface area contributed by atoms with Crippen molar-refractivity contribution in [3.05, 3.63) is 0 Å². The lowest BCUT2D eigenvalue weighted by Crippen LogP contribution is -2.41. The van der Waals surface area contributed by atoms with Gasteiger partial charge in [-0.05, 0) is 56.8 Å². The molecule has 20 heavy (non-hydrogen) atoms. The zero-order chi connectivity index (χ0) is 14.0. The first-order valence-corrected chi connectivity index (χ1v) is 8.44.